The Morgan fingerprint density at radius 1 is 1.06 bits per heavy atom. The third-order valence-corrected chi connectivity index (χ3v) is 7.21. The summed E-state index contributed by atoms with van der Waals surface area (Å²) in [6.07, 6.45) is 2.33. The molecule has 1 heterocycles. The fraction of sp³-hybridized carbons (Fsp3) is 0.391. The zero-order chi connectivity index (χ0) is 23.3. The Labute approximate surface area is 187 Å². The van der Waals surface area contributed by atoms with Gasteiger partial charge in [-0.05, 0) is 54.7 Å². The zero-order valence-corrected chi connectivity index (χ0v) is 19.0. The number of amides is 1. The number of hydrogen-bond donors (Lipinski definition) is 1. The van der Waals surface area contributed by atoms with Crippen molar-refractivity contribution in [3.63, 3.8) is 0 Å². The minimum absolute atomic E-state index is 0.143. The summed E-state index contributed by atoms with van der Waals surface area (Å²) in [6.45, 7) is 4.19. The third-order valence-electron chi connectivity index (χ3n) is 5.30. The summed E-state index contributed by atoms with van der Waals surface area (Å²) in [6, 6.07) is 10.3. The largest absolute Gasteiger partial charge is 0.452 e. The van der Waals surface area contributed by atoms with E-state index in [0.29, 0.717) is 37.5 Å². The van der Waals surface area contributed by atoms with Crippen molar-refractivity contribution in [2.45, 2.75) is 43.9 Å². The third kappa shape index (κ3) is 5.72. The lowest BCUT2D eigenvalue weighted by Crippen LogP contribution is -2.36. The standard InChI is InChI=1S/C23H27FN2O5S/c1-16(2)17-6-9-19(10-7-17)25-22(27)15-31-23(28)18-8-11-20(24)21(14-18)32(29,30)26-12-4-3-5-13-26/h6-11,14,16H,3-5,12-13,15H2,1-2H3,(H,25,27). The summed E-state index contributed by atoms with van der Waals surface area (Å²) in [5.74, 6) is -2.03. The second kappa shape index (κ2) is 10.2. The highest BCUT2D eigenvalue weighted by molar-refractivity contribution is 7.89. The van der Waals surface area contributed by atoms with Crippen molar-refractivity contribution < 1.29 is 27.1 Å². The molecular weight excluding hydrogens is 435 g/mol. The molecule has 1 aliphatic heterocycles. The molecule has 9 heteroatoms. The van der Waals surface area contributed by atoms with Crippen LogP contribution in [0.5, 0.6) is 0 Å². The first-order valence-electron chi connectivity index (χ1n) is 10.5. The number of anilines is 1. The maximum atomic E-state index is 14.3. The highest BCUT2D eigenvalue weighted by Gasteiger charge is 2.29. The van der Waals surface area contributed by atoms with E-state index < -0.39 is 39.2 Å². The Kier molecular flexibility index (Phi) is 7.63. The number of esters is 1. The number of hydrogen-bond acceptors (Lipinski definition) is 5. The van der Waals surface area contributed by atoms with Crippen molar-refractivity contribution in [3.8, 4) is 0 Å². The fourth-order valence-corrected chi connectivity index (χ4v) is 5.04. The topological polar surface area (TPSA) is 92.8 Å². The monoisotopic (exact) mass is 462 g/mol. The number of carbonyl (C=O) groups is 2. The van der Waals surface area contributed by atoms with E-state index in [1.807, 2.05) is 12.1 Å². The first-order chi connectivity index (χ1) is 15.2. The van der Waals surface area contributed by atoms with E-state index in [0.717, 1.165) is 30.2 Å². The van der Waals surface area contributed by atoms with Gasteiger partial charge in [-0.3, -0.25) is 4.79 Å². The molecule has 0 aromatic heterocycles. The normalized spacial score (nSPS) is 14.9. The lowest BCUT2D eigenvalue weighted by Gasteiger charge is -2.26. The van der Waals surface area contributed by atoms with Gasteiger partial charge >= 0.3 is 5.97 Å². The van der Waals surface area contributed by atoms with Crippen LogP contribution in [0.2, 0.25) is 0 Å². The van der Waals surface area contributed by atoms with Gasteiger partial charge in [0.1, 0.15) is 10.7 Å². The molecule has 0 saturated carbocycles. The summed E-state index contributed by atoms with van der Waals surface area (Å²) >= 11 is 0. The number of nitrogens with zero attached hydrogens (tertiary/aromatic N) is 1. The molecule has 0 unspecified atom stereocenters. The van der Waals surface area contributed by atoms with Crippen LogP contribution in [0.25, 0.3) is 0 Å². The van der Waals surface area contributed by atoms with Crippen molar-refractivity contribution in [2.24, 2.45) is 0 Å². The predicted molar refractivity (Wildman–Crippen MR) is 118 cm³/mol. The molecule has 0 bridgehead atoms. The Morgan fingerprint density at radius 3 is 2.34 bits per heavy atom. The van der Waals surface area contributed by atoms with Gasteiger partial charge in [-0.15, -0.1) is 0 Å². The van der Waals surface area contributed by atoms with Crippen LogP contribution in [0.15, 0.2) is 47.4 Å². The summed E-state index contributed by atoms with van der Waals surface area (Å²) in [5.41, 5.74) is 1.55. The van der Waals surface area contributed by atoms with E-state index in [2.05, 4.69) is 19.2 Å². The predicted octanol–water partition coefficient (Wildman–Crippen LogP) is 3.92. The van der Waals surface area contributed by atoms with E-state index in [4.69, 9.17) is 4.74 Å². The molecule has 3 rings (SSSR count). The van der Waals surface area contributed by atoms with E-state index in [1.165, 1.54) is 4.31 Å². The molecule has 0 radical (unpaired) electrons. The number of rotatable bonds is 7. The van der Waals surface area contributed by atoms with Gasteiger partial charge in [-0.25, -0.2) is 17.6 Å². The summed E-state index contributed by atoms with van der Waals surface area (Å²) in [4.78, 5) is 23.9. The van der Waals surface area contributed by atoms with E-state index in [-0.39, 0.29) is 5.56 Å². The van der Waals surface area contributed by atoms with Gasteiger partial charge in [0.25, 0.3) is 5.91 Å². The van der Waals surface area contributed by atoms with E-state index >= 15 is 0 Å². The van der Waals surface area contributed by atoms with Crippen molar-refractivity contribution in [1.82, 2.24) is 4.31 Å². The molecule has 0 spiro atoms. The lowest BCUT2D eigenvalue weighted by molar-refractivity contribution is -0.119. The van der Waals surface area contributed by atoms with Crippen LogP contribution in [0, 0.1) is 5.82 Å². The van der Waals surface area contributed by atoms with E-state index in [1.54, 1.807) is 12.1 Å². The second-order valence-corrected chi connectivity index (χ2v) is 9.92. The Bertz CT molecular complexity index is 1080. The van der Waals surface area contributed by atoms with Crippen LogP contribution in [-0.4, -0.2) is 44.3 Å². The van der Waals surface area contributed by atoms with Crippen molar-refractivity contribution >= 4 is 27.6 Å². The van der Waals surface area contributed by atoms with Crippen LogP contribution < -0.4 is 5.32 Å². The summed E-state index contributed by atoms with van der Waals surface area (Å²) in [7, 11) is -4.06. The van der Waals surface area contributed by atoms with Crippen molar-refractivity contribution in [1.29, 1.82) is 0 Å². The molecule has 32 heavy (non-hydrogen) atoms. The average molecular weight is 463 g/mol. The molecule has 1 aliphatic rings. The molecule has 0 aliphatic carbocycles. The minimum Gasteiger partial charge on any atom is -0.452 e. The molecule has 1 saturated heterocycles. The van der Waals surface area contributed by atoms with Crippen LogP contribution >= 0.6 is 0 Å². The number of benzene rings is 2. The van der Waals surface area contributed by atoms with Crippen molar-refractivity contribution in [3.05, 3.63) is 59.4 Å². The first-order valence-corrected chi connectivity index (χ1v) is 12.0. The molecule has 172 valence electrons. The van der Waals surface area contributed by atoms with Gasteiger partial charge in [0.2, 0.25) is 10.0 Å². The quantitative estimate of drug-likeness (QED) is 0.630. The Hall–Kier alpha value is -2.78. The number of halogens is 1. The smallest absolute Gasteiger partial charge is 0.338 e. The Balaban J connectivity index is 1.63. The molecule has 1 N–H and O–H groups in total. The second-order valence-electron chi connectivity index (χ2n) is 8.01. The summed E-state index contributed by atoms with van der Waals surface area (Å²) < 4.78 is 46.1. The molecule has 1 amide bonds. The number of nitrogens with one attached hydrogen (secondary N) is 1. The van der Waals surface area contributed by atoms with Gasteiger partial charge in [0, 0.05) is 18.8 Å². The SMILES string of the molecule is CC(C)c1ccc(NC(=O)COC(=O)c2ccc(F)c(S(=O)(=O)N3CCCCC3)c2)cc1. The zero-order valence-electron chi connectivity index (χ0n) is 18.1. The molecule has 1 fully saturated rings. The maximum Gasteiger partial charge on any atom is 0.338 e. The molecule has 2 aromatic rings. The molecule has 7 nitrogen and oxygen atoms in total. The summed E-state index contributed by atoms with van der Waals surface area (Å²) in [5, 5.41) is 2.62. The first kappa shape index (κ1) is 23.9. The number of piperidine rings is 1. The van der Waals surface area contributed by atoms with Crippen LogP contribution in [-0.2, 0) is 19.6 Å². The van der Waals surface area contributed by atoms with Gasteiger partial charge < -0.3 is 10.1 Å². The maximum absolute atomic E-state index is 14.3. The molecule has 0 atom stereocenters. The fourth-order valence-electron chi connectivity index (χ4n) is 3.44. The van der Waals surface area contributed by atoms with Crippen LogP contribution in [0.3, 0.4) is 0 Å². The van der Waals surface area contributed by atoms with Gasteiger partial charge in [0.05, 0.1) is 5.56 Å². The number of sulfonamides is 1. The lowest BCUT2D eigenvalue weighted by atomic mass is 10.0. The van der Waals surface area contributed by atoms with Crippen LogP contribution in [0.1, 0.15) is 54.9 Å². The van der Waals surface area contributed by atoms with Gasteiger partial charge in [-0.2, -0.15) is 4.31 Å². The molecular formula is C23H27FN2O5S. The van der Waals surface area contributed by atoms with E-state index in [9.17, 15) is 22.4 Å². The average Bonchev–Trinajstić information content (AvgIpc) is 2.78. The Morgan fingerprint density at radius 2 is 1.72 bits per heavy atom. The molecule has 2 aromatic carbocycles. The van der Waals surface area contributed by atoms with Gasteiger partial charge in [-0.1, -0.05) is 32.4 Å². The van der Waals surface area contributed by atoms with Crippen LogP contribution in [0.4, 0.5) is 10.1 Å². The highest BCUT2D eigenvalue weighted by Crippen LogP contribution is 2.24. The number of carbonyl (C=O) groups excluding carboxylic acids is 2. The minimum atomic E-state index is -4.06. The van der Waals surface area contributed by atoms with Crippen molar-refractivity contribution in [2.75, 3.05) is 25.0 Å². The number of ether oxygens (including phenoxy) is 1. The highest BCUT2D eigenvalue weighted by atomic mass is 32.2. The van der Waals surface area contributed by atoms with Gasteiger partial charge in [0.15, 0.2) is 6.61 Å².